The molecule has 0 spiro atoms. The van der Waals surface area contributed by atoms with E-state index in [0.717, 1.165) is 23.7 Å². The SMILES string of the molecule is C=C(C(N)=O)c1ccc(C(=O)N2CCC[C@H](Nc3ncc4ccccc4n3)C2)cc1. The number of nitrogens with two attached hydrogens (primary N) is 1. The van der Waals surface area contributed by atoms with Crippen molar-refractivity contribution in [1.82, 2.24) is 14.9 Å². The predicted octanol–water partition coefficient (Wildman–Crippen LogP) is 2.85. The molecule has 0 aliphatic carbocycles. The van der Waals surface area contributed by atoms with E-state index in [1.165, 1.54) is 0 Å². The second-order valence-electron chi connectivity index (χ2n) is 7.41. The number of nitrogens with one attached hydrogen (secondary N) is 1. The average molecular weight is 401 g/mol. The van der Waals surface area contributed by atoms with E-state index in [1.54, 1.807) is 30.5 Å². The zero-order valence-electron chi connectivity index (χ0n) is 16.5. The zero-order valence-corrected chi connectivity index (χ0v) is 16.5. The Balaban J connectivity index is 1.43. The van der Waals surface area contributed by atoms with E-state index in [2.05, 4.69) is 21.9 Å². The summed E-state index contributed by atoms with van der Waals surface area (Å²) in [5.41, 5.74) is 7.56. The van der Waals surface area contributed by atoms with E-state index >= 15 is 0 Å². The van der Waals surface area contributed by atoms with Gasteiger partial charge in [-0.1, -0.05) is 36.9 Å². The molecule has 0 unspecified atom stereocenters. The maximum Gasteiger partial charge on any atom is 0.253 e. The number of hydrogen-bond acceptors (Lipinski definition) is 5. The lowest BCUT2D eigenvalue weighted by Crippen LogP contribution is -2.45. The van der Waals surface area contributed by atoms with Crippen LogP contribution in [-0.4, -0.2) is 45.8 Å². The number of piperidine rings is 1. The topological polar surface area (TPSA) is 101 Å². The van der Waals surface area contributed by atoms with Crippen LogP contribution in [0.1, 0.15) is 28.8 Å². The molecule has 0 saturated carbocycles. The number of anilines is 1. The first-order chi connectivity index (χ1) is 14.5. The zero-order chi connectivity index (χ0) is 21.1. The minimum atomic E-state index is -0.574. The summed E-state index contributed by atoms with van der Waals surface area (Å²) in [6.07, 6.45) is 3.64. The van der Waals surface area contributed by atoms with E-state index in [4.69, 9.17) is 5.73 Å². The first-order valence-corrected chi connectivity index (χ1v) is 9.88. The van der Waals surface area contributed by atoms with Crippen LogP contribution in [0.25, 0.3) is 16.5 Å². The van der Waals surface area contributed by atoms with Gasteiger partial charge >= 0.3 is 0 Å². The summed E-state index contributed by atoms with van der Waals surface area (Å²) < 4.78 is 0. The lowest BCUT2D eigenvalue weighted by Gasteiger charge is -2.33. The second kappa shape index (κ2) is 8.32. The number of aromatic nitrogens is 2. The van der Waals surface area contributed by atoms with Crippen molar-refractivity contribution in [3.63, 3.8) is 0 Å². The predicted molar refractivity (Wildman–Crippen MR) is 117 cm³/mol. The van der Waals surface area contributed by atoms with E-state index in [0.29, 0.717) is 30.2 Å². The highest BCUT2D eigenvalue weighted by atomic mass is 16.2. The normalized spacial score (nSPS) is 16.3. The molecule has 7 heteroatoms. The van der Waals surface area contributed by atoms with Gasteiger partial charge < -0.3 is 16.0 Å². The Kier molecular flexibility index (Phi) is 5.43. The monoisotopic (exact) mass is 401 g/mol. The van der Waals surface area contributed by atoms with E-state index in [9.17, 15) is 9.59 Å². The van der Waals surface area contributed by atoms with Crippen LogP contribution in [-0.2, 0) is 4.79 Å². The molecule has 1 aliphatic heterocycles. The summed E-state index contributed by atoms with van der Waals surface area (Å²) >= 11 is 0. The van der Waals surface area contributed by atoms with Crippen molar-refractivity contribution in [2.75, 3.05) is 18.4 Å². The molecular formula is C23H23N5O2. The molecule has 0 bridgehead atoms. The Labute approximate surface area is 174 Å². The van der Waals surface area contributed by atoms with Gasteiger partial charge in [-0.3, -0.25) is 9.59 Å². The summed E-state index contributed by atoms with van der Waals surface area (Å²) in [6, 6.07) is 14.7. The molecule has 3 aromatic rings. The number of fused-ring (bicyclic) bond motifs is 1. The summed E-state index contributed by atoms with van der Waals surface area (Å²) in [5.74, 6) is -0.0468. The fraction of sp³-hybridized carbons (Fsp3) is 0.217. The summed E-state index contributed by atoms with van der Waals surface area (Å²) in [4.78, 5) is 35.0. The molecule has 1 aliphatic rings. The molecule has 1 fully saturated rings. The number of amides is 2. The van der Waals surface area contributed by atoms with Gasteiger partial charge in [0, 0.05) is 41.9 Å². The van der Waals surface area contributed by atoms with Gasteiger partial charge in [-0.05, 0) is 36.6 Å². The average Bonchev–Trinajstić information content (AvgIpc) is 2.78. The maximum atomic E-state index is 12.9. The van der Waals surface area contributed by atoms with Crippen LogP contribution in [0, 0.1) is 0 Å². The van der Waals surface area contributed by atoms with Crippen LogP contribution >= 0.6 is 0 Å². The first kappa shape index (κ1) is 19.6. The third-order valence-electron chi connectivity index (χ3n) is 5.31. The van der Waals surface area contributed by atoms with Crippen molar-refractivity contribution in [2.24, 2.45) is 5.73 Å². The van der Waals surface area contributed by atoms with Crippen molar-refractivity contribution in [3.05, 3.63) is 72.4 Å². The number of carbonyl (C=O) groups is 2. The van der Waals surface area contributed by atoms with Crippen molar-refractivity contribution in [2.45, 2.75) is 18.9 Å². The summed E-state index contributed by atoms with van der Waals surface area (Å²) in [6.45, 7) is 4.94. The Hall–Kier alpha value is -3.74. The number of likely N-dealkylation sites (tertiary alicyclic amines) is 1. The number of hydrogen-bond donors (Lipinski definition) is 2. The van der Waals surface area contributed by atoms with Gasteiger partial charge in [0.05, 0.1) is 5.52 Å². The molecule has 2 amide bonds. The minimum Gasteiger partial charge on any atom is -0.366 e. The fourth-order valence-electron chi connectivity index (χ4n) is 3.64. The molecule has 3 N–H and O–H groups in total. The Bertz CT molecular complexity index is 1110. The van der Waals surface area contributed by atoms with Crippen LogP contribution in [0.15, 0.2) is 61.3 Å². The third-order valence-corrected chi connectivity index (χ3v) is 5.31. The number of primary amides is 1. The molecule has 1 atom stereocenters. The molecule has 2 heterocycles. The molecule has 152 valence electrons. The second-order valence-corrected chi connectivity index (χ2v) is 7.41. The quantitative estimate of drug-likeness (QED) is 0.640. The first-order valence-electron chi connectivity index (χ1n) is 9.88. The van der Waals surface area contributed by atoms with E-state index < -0.39 is 5.91 Å². The Morgan fingerprint density at radius 1 is 1.10 bits per heavy atom. The molecule has 1 saturated heterocycles. The highest BCUT2D eigenvalue weighted by molar-refractivity contribution is 6.17. The molecule has 0 radical (unpaired) electrons. The van der Waals surface area contributed by atoms with Crippen molar-refractivity contribution in [3.8, 4) is 0 Å². The van der Waals surface area contributed by atoms with E-state index in [1.807, 2.05) is 29.2 Å². The molecule has 4 rings (SSSR count). The standard InChI is InChI=1S/C23H23N5O2/c1-15(21(24)29)16-8-10-17(11-9-16)22(30)28-12-4-6-19(14-28)26-23-25-13-18-5-2-3-7-20(18)27-23/h2-3,5,7-11,13,19H,1,4,6,12,14H2,(H2,24,29)(H,25,26,27)/t19-/m0/s1. The largest absolute Gasteiger partial charge is 0.366 e. The van der Waals surface area contributed by atoms with Crippen molar-refractivity contribution < 1.29 is 9.59 Å². The Morgan fingerprint density at radius 3 is 2.60 bits per heavy atom. The van der Waals surface area contributed by atoms with Crippen LogP contribution in [0.2, 0.25) is 0 Å². The molecule has 30 heavy (non-hydrogen) atoms. The number of para-hydroxylation sites is 1. The van der Waals surface area contributed by atoms with Crippen LogP contribution in [0.4, 0.5) is 5.95 Å². The van der Waals surface area contributed by atoms with Gasteiger partial charge in [-0.2, -0.15) is 0 Å². The number of nitrogens with zero attached hydrogens (tertiary/aromatic N) is 3. The minimum absolute atomic E-state index is 0.0443. The lowest BCUT2D eigenvalue weighted by atomic mass is 10.0. The molecular weight excluding hydrogens is 378 g/mol. The number of rotatable bonds is 5. The summed E-state index contributed by atoms with van der Waals surface area (Å²) in [5, 5.41) is 4.36. The highest BCUT2D eigenvalue weighted by Gasteiger charge is 2.25. The van der Waals surface area contributed by atoms with Gasteiger partial charge in [-0.15, -0.1) is 0 Å². The van der Waals surface area contributed by atoms with Gasteiger partial charge in [0.15, 0.2) is 0 Å². The lowest BCUT2D eigenvalue weighted by molar-refractivity contribution is -0.112. The van der Waals surface area contributed by atoms with Gasteiger partial charge in [0.2, 0.25) is 11.9 Å². The summed E-state index contributed by atoms with van der Waals surface area (Å²) in [7, 11) is 0. The van der Waals surface area contributed by atoms with Gasteiger partial charge in [0.25, 0.3) is 5.91 Å². The van der Waals surface area contributed by atoms with Crippen LogP contribution in [0.5, 0.6) is 0 Å². The van der Waals surface area contributed by atoms with Crippen LogP contribution < -0.4 is 11.1 Å². The molecule has 2 aromatic carbocycles. The highest BCUT2D eigenvalue weighted by Crippen LogP contribution is 2.19. The van der Waals surface area contributed by atoms with Crippen molar-refractivity contribution in [1.29, 1.82) is 0 Å². The fourth-order valence-corrected chi connectivity index (χ4v) is 3.64. The number of benzene rings is 2. The van der Waals surface area contributed by atoms with Crippen molar-refractivity contribution >= 4 is 34.2 Å². The smallest absolute Gasteiger partial charge is 0.253 e. The van der Waals surface area contributed by atoms with Gasteiger partial charge in [0.1, 0.15) is 0 Å². The third kappa shape index (κ3) is 4.15. The van der Waals surface area contributed by atoms with Crippen LogP contribution in [0.3, 0.4) is 0 Å². The Morgan fingerprint density at radius 2 is 1.83 bits per heavy atom. The van der Waals surface area contributed by atoms with E-state index in [-0.39, 0.29) is 17.5 Å². The molecule has 1 aromatic heterocycles. The molecule has 7 nitrogen and oxygen atoms in total. The van der Waals surface area contributed by atoms with Gasteiger partial charge in [-0.25, -0.2) is 9.97 Å². The maximum absolute atomic E-state index is 12.9. The number of carbonyl (C=O) groups excluding carboxylic acids is 2.